The van der Waals surface area contributed by atoms with Crippen molar-refractivity contribution in [3.8, 4) is 22.4 Å². The van der Waals surface area contributed by atoms with Gasteiger partial charge < -0.3 is 9.47 Å². The summed E-state index contributed by atoms with van der Waals surface area (Å²) in [6, 6.07) is 16.6. The van der Waals surface area contributed by atoms with Gasteiger partial charge in [-0.3, -0.25) is 5.10 Å². The van der Waals surface area contributed by atoms with E-state index >= 15 is 0 Å². The smallest absolute Gasteiger partial charge is 0.157 e. The predicted octanol–water partition coefficient (Wildman–Crippen LogP) is 5.52. The third-order valence-corrected chi connectivity index (χ3v) is 5.61. The summed E-state index contributed by atoms with van der Waals surface area (Å²) in [5.74, 6) is 0.493. The number of benzene rings is 2. The van der Waals surface area contributed by atoms with Crippen LogP contribution in [0.2, 0.25) is 0 Å². The van der Waals surface area contributed by atoms with Crippen LogP contribution in [0.1, 0.15) is 19.3 Å². The van der Waals surface area contributed by atoms with Gasteiger partial charge in [-0.15, -0.1) is 11.8 Å². The first-order chi connectivity index (χ1) is 13.8. The van der Waals surface area contributed by atoms with Crippen molar-refractivity contribution in [1.82, 2.24) is 10.2 Å². The minimum Gasteiger partial charge on any atom is -0.353 e. The summed E-state index contributed by atoms with van der Waals surface area (Å²) in [5.41, 5.74) is 3.65. The predicted molar refractivity (Wildman–Crippen MR) is 110 cm³/mol. The molecule has 1 atom stereocenters. The molecule has 0 amide bonds. The van der Waals surface area contributed by atoms with Crippen molar-refractivity contribution in [1.29, 1.82) is 0 Å². The largest absolute Gasteiger partial charge is 0.353 e. The second-order valence-electron chi connectivity index (χ2n) is 6.67. The molecule has 2 aromatic carbocycles. The van der Waals surface area contributed by atoms with Crippen LogP contribution in [0.5, 0.6) is 0 Å². The van der Waals surface area contributed by atoms with Gasteiger partial charge in [0.2, 0.25) is 0 Å². The molecule has 1 aromatic heterocycles. The maximum absolute atomic E-state index is 13.9. The zero-order valence-electron chi connectivity index (χ0n) is 15.6. The standard InChI is InChI=1S/C22H23FN2O2S/c23-18-10-6-9-17(15-18)20-21(16-7-2-1-3-8-16)24-25-22(20)28-14-13-27-19-11-4-5-12-26-19/h1-3,6-10,15,19H,4-5,11-14H2,(H,24,25). The van der Waals surface area contributed by atoms with Crippen LogP contribution in [0, 0.1) is 5.82 Å². The second kappa shape index (κ2) is 9.37. The van der Waals surface area contributed by atoms with Crippen molar-refractivity contribution >= 4 is 11.8 Å². The Hall–Kier alpha value is -2.15. The van der Waals surface area contributed by atoms with Gasteiger partial charge >= 0.3 is 0 Å². The zero-order valence-corrected chi connectivity index (χ0v) is 16.4. The molecule has 1 aliphatic heterocycles. The number of rotatable bonds is 7. The zero-order chi connectivity index (χ0) is 19.2. The molecule has 0 radical (unpaired) electrons. The van der Waals surface area contributed by atoms with E-state index in [0.29, 0.717) is 6.61 Å². The van der Waals surface area contributed by atoms with Crippen LogP contribution in [0.25, 0.3) is 22.4 Å². The van der Waals surface area contributed by atoms with E-state index < -0.39 is 0 Å². The van der Waals surface area contributed by atoms with Gasteiger partial charge in [-0.25, -0.2) is 4.39 Å². The SMILES string of the molecule is Fc1cccc(-c2c(SCCOC3CCCCO3)n[nH]c2-c2ccccc2)c1. The summed E-state index contributed by atoms with van der Waals surface area (Å²) < 4.78 is 25.3. The molecule has 0 aliphatic carbocycles. The van der Waals surface area contributed by atoms with Crippen LogP contribution in [0.3, 0.4) is 0 Å². The van der Waals surface area contributed by atoms with Crippen LogP contribution in [0.15, 0.2) is 59.6 Å². The Balaban J connectivity index is 1.52. The number of ether oxygens (including phenoxy) is 2. The van der Waals surface area contributed by atoms with Crippen molar-refractivity contribution in [3.05, 3.63) is 60.4 Å². The van der Waals surface area contributed by atoms with E-state index in [9.17, 15) is 4.39 Å². The Morgan fingerprint density at radius 1 is 1.11 bits per heavy atom. The van der Waals surface area contributed by atoms with E-state index in [2.05, 4.69) is 10.2 Å². The molecule has 4 rings (SSSR count). The number of hydrogen-bond acceptors (Lipinski definition) is 4. The lowest BCUT2D eigenvalue weighted by atomic mass is 10.0. The third-order valence-electron chi connectivity index (χ3n) is 4.67. The molecule has 1 aliphatic rings. The molecule has 146 valence electrons. The molecule has 1 saturated heterocycles. The fourth-order valence-corrected chi connectivity index (χ4v) is 4.16. The van der Waals surface area contributed by atoms with E-state index in [-0.39, 0.29) is 12.1 Å². The number of halogens is 1. The van der Waals surface area contributed by atoms with Crippen molar-refractivity contribution < 1.29 is 13.9 Å². The van der Waals surface area contributed by atoms with Gasteiger partial charge in [-0.1, -0.05) is 42.5 Å². The summed E-state index contributed by atoms with van der Waals surface area (Å²) in [4.78, 5) is 0. The third kappa shape index (κ3) is 4.63. The lowest BCUT2D eigenvalue weighted by Crippen LogP contribution is -2.23. The quantitative estimate of drug-likeness (QED) is 0.421. The summed E-state index contributed by atoms with van der Waals surface area (Å²) in [7, 11) is 0. The highest BCUT2D eigenvalue weighted by atomic mass is 32.2. The first-order valence-electron chi connectivity index (χ1n) is 9.57. The summed E-state index contributed by atoms with van der Waals surface area (Å²) in [5, 5.41) is 8.50. The van der Waals surface area contributed by atoms with Crippen LogP contribution in [0.4, 0.5) is 4.39 Å². The summed E-state index contributed by atoms with van der Waals surface area (Å²) in [6.07, 6.45) is 3.14. The minimum absolute atomic E-state index is 0.0869. The van der Waals surface area contributed by atoms with Crippen LogP contribution >= 0.6 is 11.8 Å². The van der Waals surface area contributed by atoms with Gasteiger partial charge in [-0.05, 0) is 37.0 Å². The van der Waals surface area contributed by atoms with E-state index in [1.165, 1.54) is 6.07 Å². The number of nitrogens with one attached hydrogen (secondary N) is 1. The number of H-pyrrole nitrogens is 1. The molecule has 0 bridgehead atoms. The van der Waals surface area contributed by atoms with Gasteiger partial charge in [0.05, 0.1) is 12.3 Å². The molecule has 0 spiro atoms. The highest BCUT2D eigenvalue weighted by Crippen LogP contribution is 2.38. The Morgan fingerprint density at radius 2 is 1.96 bits per heavy atom. The minimum atomic E-state index is -0.258. The van der Waals surface area contributed by atoms with Gasteiger partial charge in [0.1, 0.15) is 10.8 Å². The monoisotopic (exact) mass is 398 g/mol. The number of thioether (sulfide) groups is 1. The summed E-state index contributed by atoms with van der Waals surface area (Å²) in [6.45, 7) is 1.37. The van der Waals surface area contributed by atoms with Gasteiger partial charge in [0.15, 0.2) is 6.29 Å². The van der Waals surface area contributed by atoms with E-state index in [0.717, 1.165) is 59.0 Å². The Bertz CT molecular complexity index is 895. The Morgan fingerprint density at radius 3 is 2.75 bits per heavy atom. The Labute approximate surface area is 168 Å². The fourth-order valence-electron chi connectivity index (χ4n) is 3.32. The van der Waals surface area contributed by atoms with Crippen molar-refractivity contribution in [2.45, 2.75) is 30.6 Å². The molecule has 0 saturated carbocycles. The molecule has 1 N–H and O–H groups in total. The molecule has 6 heteroatoms. The van der Waals surface area contributed by atoms with Gasteiger partial charge in [0.25, 0.3) is 0 Å². The normalized spacial score (nSPS) is 17.0. The average molecular weight is 399 g/mol. The maximum Gasteiger partial charge on any atom is 0.157 e. The lowest BCUT2D eigenvalue weighted by Gasteiger charge is -2.22. The first-order valence-corrected chi connectivity index (χ1v) is 10.6. The highest BCUT2D eigenvalue weighted by molar-refractivity contribution is 7.99. The molecule has 4 nitrogen and oxygen atoms in total. The topological polar surface area (TPSA) is 47.1 Å². The number of nitrogens with zero attached hydrogens (tertiary/aromatic N) is 1. The molecule has 2 heterocycles. The highest BCUT2D eigenvalue weighted by Gasteiger charge is 2.18. The maximum atomic E-state index is 13.9. The van der Waals surface area contributed by atoms with Crippen molar-refractivity contribution in [2.75, 3.05) is 19.0 Å². The average Bonchev–Trinajstić information content (AvgIpc) is 3.16. The Kier molecular flexibility index (Phi) is 6.41. The van der Waals surface area contributed by atoms with Crippen molar-refractivity contribution in [2.24, 2.45) is 0 Å². The summed E-state index contributed by atoms with van der Waals surface area (Å²) >= 11 is 1.61. The number of hydrogen-bond donors (Lipinski definition) is 1. The molecule has 3 aromatic rings. The lowest BCUT2D eigenvalue weighted by molar-refractivity contribution is -0.158. The molecular formula is C22H23FN2O2S. The molecule has 1 fully saturated rings. The molecular weight excluding hydrogens is 375 g/mol. The van der Waals surface area contributed by atoms with Gasteiger partial charge in [0, 0.05) is 23.5 Å². The van der Waals surface area contributed by atoms with Crippen molar-refractivity contribution in [3.63, 3.8) is 0 Å². The van der Waals surface area contributed by atoms with Crippen LogP contribution < -0.4 is 0 Å². The van der Waals surface area contributed by atoms with E-state index in [4.69, 9.17) is 9.47 Å². The number of aromatic nitrogens is 2. The van der Waals surface area contributed by atoms with Crippen LogP contribution in [-0.4, -0.2) is 35.5 Å². The fraction of sp³-hybridized carbons (Fsp3) is 0.318. The molecule has 28 heavy (non-hydrogen) atoms. The van der Waals surface area contributed by atoms with E-state index in [1.54, 1.807) is 23.9 Å². The van der Waals surface area contributed by atoms with Crippen LogP contribution in [-0.2, 0) is 9.47 Å². The van der Waals surface area contributed by atoms with E-state index in [1.807, 2.05) is 36.4 Å². The second-order valence-corrected chi connectivity index (χ2v) is 7.75. The number of aromatic amines is 1. The first kappa shape index (κ1) is 19.2. The molecule has 1 unspecified atom stereocenters. The van der Waals surface area contributed by atoms with Gasteiger partial charge in [-0.2, -0.15) is 5.10 Å².